The van der Waals surface area contributed by atoms with Crippen molar-refractivity contribution in [2.75, 3.05) is 0 Å². The van der Waals surface area contributed by atoms with Gasteiger partial charge in [0, 0.05) is 24.8 Å². The smallest absolute Gasteiger partial charge is 0.180 e. The van der Waals surface area contributed by atoms with Crippen LogP contribution in [0.1, 0.15) is 43.9 Å². The van der Waals surface area contributed by atoms with Crippen LogP contribution in [0, 0.1) is 18.3 Å². The van der Waals surface area contributed by atoms with Crippen LogP contribution < -0.4 is 0 Å². The summed E-state index contributed by atoms with van der Waals surface area (Å²) < 4.78 is 1.97. The normalized spacial score (nSPS) is 11.1. The molecule has 0 radical (unpaired) electrons. The Morgan fingerprint density at radius 3 is 2.53 bits per heavy atom. The first-order valence-electron chi connectivity index (χ1n) is 10.9. The van der Waals surface area contributed by atoms with Crippen LogP contribution in [-0.4, -0.2) is 35.4 Å². The van der Waals surface area contributed by atoms with Crippen molar-refractivity contribution >= 4 is 0 Å². The highest BCUT2D eigenvalue weighted by Gasteiger charge is 2.13. The molecule has 0 aliphatic carbocycles. The van der Waals surface area contributed by atoms with Crippen molar-refractivity contribution in [2.24, 2.45) is 5.92 Å². The van der Waals surface area contributed by atoms with Crippen LogP contribution in [0.2, 0.25) is 0 Å². The molecule has 2 heterocycles. The third-order valence-corrected chi connectivity index (χ3v) is 5.36. The van der Waals surface area contributed by atoms with Crippen molar-refractivity contribution in [3.8, 4) is 34.9 Å². The van der Waals surface area contributed by atoms with E-state index in [-0.39, 0.29) is 0 Å². The molecule has 2 aromatic heterocycles. The summed E-state index contributed by atoms with van der Waals surface area (Å²) in [5.41, 5.74) is 4.32. The Morgan fingerprint density at radius 2 is 1.84 bits per heavy atom. The second-order valence-electron chi connectivity index (χ2n) is 8.22. The third kappa shape index (κ3) is 5.09. The molecular weight excluding hydrogens is 398 g/mol. The highest BCUT2D eigenvalue weighted by Crippen LogP contribution is 2.30. The number of benzene rings is 2. The number of tetrazole rings is 1. The molecule has 0 amide bonds. The van der Waals surface area contributed by atoms with Crippen LogP contribution in [0.4, 0.5) is 0 Å². The quantitative estimate of drug-likeness (QED) is 0.404. The lowest BCUT2D eigenvalue weighted by molar-refractivity contribution is 0.560. The van der Waals surface area contributed by atoms with Crippen molar-refractivity contribution in [3.05, 3.63) is 65.7 Å². The fraction of sp³-hybridized carbons (Fsp3) is 0.320. The van der Waals surface area contributed by atoms with E-state index in [1.807, 2.05) is 22.9 Å². The molecule has 0 fully saturated rings. The Balaban J connectivity index is 1.55. The standard InChI is InChI=1S/C25H27N7/c1-4-5-16-32-24(26-23(29-32)15-10-18(2)3)17-19-11-13-20(14-12-19)21-8-6-7-9-22(21)25-27-30-31-28-25/h1,6-9,11-14,18H,5,10,15-17H2,2-3H3,(H,27,28,30,31). The molecule has 0 saturated carbocycles. The van der Waals surface area contributed by atoms with Gasteiger partial charge in [0.15, 0.2) is 11.6 Å². The topological polar surface area (TPSA) is 85.2 Å². The molecule has 1 N–H and O–H groups in total. The molecule has 0 spiro atoms. The molecule has 7 heteroatoms. The molecule has 4 rings (SSSR count). The van der Waals surface area contributed by atoms with E-state index in [0.29, 0.717) is 31.1 Å². The van der Waals surface area contributed by atoms with Crippen molar-refractivity contribution in [1.29, 1.82) is 0 Å². The minimum atomic E-state index is 0.624. The van der Waals surface area contributed by atoms with Crippen molar-refractivity contribution in [2.45, 2.75) is 46.1 Å². The highest BCUT2D eigenvalue weighted by molar-refractivity contribution is 5.80. The zero-order valence-corrected chi connectivity index (χ0v) is 18.5. The van der Waals surface area contributed by atoms with Gasteiger partial charge in [0.25, 0.3) is 0 Å². The first-order valence-corrected chi connectivity index (χ1v) is 10.9. The van der Waals surface area contributed by atoms with E-state index in [0.717, 1.165) is 41.2 Å². The van der Waals surface area contributed by atoms with E-state index in [1.54, 1.807) is 0 Å². The third-order valence-electron chi connectivity index (χ3n) is 5.36. The van der Waals surface area contributed by atoms with E-state index in [2.05, 4.69) is 70.7 Å². The number of aromatic amines is 1. The summed E-state index contributed by atoms with van der Waals surface area (Å²) in [6.45, 7) is 5.13. The van der Waals surface area contributed by atoms with Crippen molar-refractivity contribution in [1.82, 2.24) is 35.4 Å². The van der Waals surface area contributed by atoms with Crippen LogP contribution in [0.25, 0.3) is 22.5 Å². The van der Waals surface area contributed by atoms with Crippen molar-refractivity contribution < 1.29 is 0 Å². The first-order chi connectivity index (χ1) is 15.6. The minimum absolute atomic E-state index is 0.624. The summed E-state index contributed by atoms with van der Waals surface area (Å²) in [6, 6.07) is 16.6. The van der Waals surface area contributed by atoms with Crippen LogP contribution >= 0.6 is 0 Å². The average Bonchev–Trinajstić information content (AvgIpc) is 3.47. The number of aromatic nitrogens is 7. The number of hydrogen-bond acceptors (Lipinski definition) is 5. The second kappa shape index (κ2) is 10.0. The van der Waals surface area contributed by atoms with E-state index >= 15 is 0 Å². The summed E-state index contributed by atoms with van der Waals surface area (Å²) >= 11 is 0. The number of aryl methyl sites for hydroxylation is 2. The van der Waals surface area contributed by atoms with Crippen LogP contribution in [0.5, 0.6) is 0 Å². The van der Waals surface area contributed by atoms with Gasteiger partial charge in [0.2, 0.25) is 0 Å². The highest BCUT2D eigenvalue weighted by atomic mass is 15.5. The van der Waals surface area contributed by atoms with Gasteiger partial charge in [0.05, 0.1) is 6.54 Å². The maximum atomic E-state index is 5.48. The van der Waals surface area contributed by atoms with Gasteiger partial charge in [-0.25, -0.2) is 14.8 Å². The van der Waals surface area contributed by atoms with Gasteiger partial charge in [-0.3, -0.25) is 0 Å². The van der Waals surface area contributed by atoms with Gasteiger partial charge in [-0.15, -0.1) is 17.4 Å². The number of hydrogen-bond donors (Lipinski definition) is 1. The van der Waals surface area contributed by atoms with Crippen LogP contribution in [-0.2, 0) is 19.4 Å². The monoisotopic (exact) mass is 425 g/mol. The SMILES string of the molecule is C#CCCn1nc(CCC(C)C)nc1Cc1ccc(-c2ccccc2-c2nnn[nH]2)cc1. The summed E-state index contributed by atoms with van der Waals surface area (Å²) in [7, 11) is 0. The predicted octanol–water partition coefficient (Wildman–Crippen LogP) is 4.33. The molecular formula is C25H27N7. The van der Waals surface area contributed by atoms with E-state index in [4.69, 9.17) is 16.5 Å². The van der Waals surface area contributed by atoms with E-state index in [1.165, 1.54) is 5.56 Å². The molecule has 32 heavy (non-hydrogen) atoms. The van der Waals surface area contributed by atoms with E-state index < -0.39 is 0 Å². The fourth-order valence-electron chi connectivity index (χ4n) is 3.63. The summed E-state index contributed by atoms with van der Waals surface area (Å²) in [6.07, 6.45) is 8.80. The molecule has 4 aromatic rings. The Bertz CT molecular complexity index is 1180. The lowest BCUT2D eigenvalue weighted by atomic mass is 9.98. The maximum Gasteiger partial charge on any atom is 0.180 e. The predicted molar refractivity (Wildman–Crippen MR) is 124 cm³/mol. The molecule has 162 valence electrons. The zero-order chi connectivity index (χ0) is 22.3. The molecule has 0 bridgehead atoms. The number of rotatable bonds is 9. The Labute approximate surface area is 188 Å². The second-order valence-corrected chi connectivity index (χ2v) is 8.22. The van der Waals surface area contributed by atoms with Gasteiger partial charge in [0.1, 0.15) is 5.82 Å². The largest absolute Gasteiger partial charge is 0.249 e. The Morgan fingerprint density at radius 1 is 1.06 bits per heavy atom. The summed E-state index contributed by atoms with van der Waals surface area (Å²) in [5, 5.41) is 19.0. The number of nitrogens with zero attached hydrogens (tertiary/aromatic N) is 6. The minimum Gasteiger partial charge on any atom is -0.249 e. The van der Waals surface area contributed by atoms with Gasteiger partial charge in [-0.2, -0.15) is 5.10 Å². The Kier molecular flexibility index (Phi) is 6.71. The summed E-state index contributed by atoms with van der Waals surface area (Å²) in [5.74, 6) is 5.84. The summed E-state index contributed by atoms with van der Waals surface area (Å²) in [4.78, 5) is 4.82. The Hall–Kier alpha value is -3.79. The first kappa shape index (κ1) is 21.4. The molecule has 0 atom stereocenters. The lowest BCUT2D eigenvalue weighted by Gasteiger charge is -2.09. The average molecular weight is 426 g/mol. The van der Waals surface area contributed by atoms with Gasteiger partial charge in [-0.1, -0.05) is 62.4 Å². The number of H-pyrrole nitrogens is 1. The zero-order valence-electron chi connectivity index (χ0n) is 18.5. The van der Waals surface area contributed by atoms with Crippen LogP contribution in [0.3, 0.4) is 0 Å². The maximum absolute atomic E-state index is 5.48. The molecule has 0 unspecified atom stereocenters. The van der Waals surface area contributed by atoms with Gasteiger partial charge < -0.3 is 0 Å². The van der Waals surface area contributed by atoms with Crippen molar-refractivity contribution in [3.63, 3.8) is 0 Å². The molecule has 0 saturated heterocycles. The fourth-order valence-corrected chi connectivity index (χ4v) is 3.63. The number of terminal acetylenes is 1. The van der Waals surface area contributed by atoms with Crippen LogP contribution in [0.15, 0.2) is 48.5 Å². The van der Waals surface area contributed by atoms with Gasteiger partial charge in [-0.05, 0) is 39.5 Å². The lowest BCUT2D eigenvalue weighted by Crippen LogP contribution is -2.06. The van der Waals surface area contributed by atoms with Gasteiger partial charge >= 0.3 is 0 Å². The molecule has 2 aromatic carbocycles. The number of nitrogens with one attached hydrogen (secondary N) is 1. The molecule has 7 nitrogen and oxygen atoms in total. The molecule has 0 aliphatic heterocycles. The van der Waals surface area contributed by atoms with E-state index in [9.17, 15) is 0 Å². The molecule has 0 aliphatic rings.